The van der Waals surface area contributed by atoms with Crippen LogP contribution in [0.2, 0.25) is 0 Å². The number of halogens is 1. The Balaban J connectivity index is 1.85. The summed E-state index contributed by atoms with van der Waals surface area (Å²) in [4.78, 5) is 15.3. The molecule has 1 aromatic rings. The van der Waals surface area contributed by atoms with E-state index in [4.69, 9.17) is 4.74 Å². The normalized spacial score (nSPS) is 16.4. The Kier molecular flexibility index (Phi) is 3.99. The molecule has 1 N–H and O–H groups in total. The van der Waals surface area contributed by atoms with E-state index < -0.39 is 0 Å². The quantitative estimate of drug-likeness (QED) is 0.850. The van der Waals surface area contributed by atoms with E-state index in [-0.39, 0.29) is 10.7 Å². The SMILES string of the molecule is CC(Br)C(=O)Nc1ccc(OCC2CC2)cn1. The zero-order valence-electron chi connectivity index (χ0n) is 9.65. The van der Waals surface area contributed by atoms with Crippen LogP contribution in [0.15, 0.2) is 18.3 Å². The van der Waals surface area contributed by atoms with Gasteiger partial charge in [0.15, 0.2) is 0 Å². The standard InChI is InChI=1S/C12H15BrN2O2/c1-8(13)12(16)15-11-5-4-10(6-14-11)17-7-9-2-3-9/h4-6,8-9H,2-3,7H2,1H3,(H,14,15,16). The van der Waals surface area contributed by atoms with Gasteiger partial charge in [0.05, 0.1) is 17.6 Å². The molecule has 1 heterocycles. The number of hydrogen-bond acceptors (Lipinski definition) is 3. The summed E-state index contributed by atoms with van der Waals surface area (Å²) < 4.78 is 5.55. The molecule has 1 aliphatic carbocycles. The van der Waals surface area contributed by atoms with Gasteiger partial charge in [-0.15, -0.1) is 0 Å². The van der Waals surface area contributed by atoms with Crippen LogP contribution in [-0.4, -0.2) is 22.3 Å². The molecule has 5 heteroatoms. The highest BCUT2D eigenvalue weighted by Crippen LogP contribution is 2.29. The third kappa shape index (κ3) is 4.00. The molecule has 0 bridgehead atoms. The molecule has 1 aromatic heterocycles. The van der Waals surface area contributed by atoms with E-state index in [2.05, 4.69) is 26.2 Å². The van der Waals surface area contributed by atoms with Crippen LogP contribution in [0.1, 0.15) is 19.8 Å². The van der Waals surface area contributed by atoms with Crippen LogP contribution in [0.25, 0.3) is 0 Å². The van der Waals surface area contributed by atoms with E-state index in [1.807, 2.05) is 6.07 Å². The molecule has 0 saturated heterocycles. The number of nitrogens with one attached hydrogen (secondary N) is 1. The Morgan fingerprint density at radius 1 is 1.65 bits per heavy atom. The lowest BCUT2D eigenvalue weighted by molar-refractivity contribution is -0.115. The number of aromatic nitrogens is 1. The summed E-state index contributed by atoms with van der Waals surface area (Å²) in [5.41, 5.74) is 0. The van der Waals surface area contributed by atoms with Crippen molar-refractivity contribution in [2.45, 2.75) is 24.6 Å². The zero-order chi connectivity index (χ0) is 12.3. The molecule has 0 aromatic carbocycles. The Labute approximate surface area is 109 Å². The summed E-state index contributed by atoms with van der Waals surface area (Å²) in [7, 11) is 0. The fourth-order valence-corrected chi connectivity index (χ4v) is 1.38. The van der Waals surface area contributed by atoms with Crippen LogP contribution in [0, 0.1) is 5.92 Å². The molecule has 2 rings (SSSR count). The summed E-state index contributed by atoms with van der Waals surface area (Å²) in [6.07, 6.45) is 4.17. The average molecular weight is 299 g/mol. The van der Waals surface area contributed by atoms with E-state index in [0.29, 0.717) is 5.82 Å². The number of hydrogen-bond donors (Lipinski definition) is 1. The molecule has 0 aliphatic heterocycles. The molecule has 1 aliphatic rings. The molecular formula is C12H15BrN2O2. The summed E-state index contributed by atoms with van der Waals surface area (Å²) in [6, 6.07) is 3.57. The second-order valence-electron chi connectivity index (χ2n) is 4.24. The molecule has 0 radical (unpaired) electrons. The van der Waals surface area contributed by atoms with E-state index in [1.165, 1.54) is 12.8 Å². The smallest absolute Gasteiger partial charge is 0.239 e. The molecule has 1 saturated carbocycles. The van der Waals surface area contributed by atoms with E-state index >= 15 is 0 Å². The van der Waals surface area contributed by atoms with Crippen molar-refractivity contribution in [1.82, 2.24) is 4.98 Å². The van der Waals surface area contributed by atoms with Crippen LogP contribution in [0.4, 0.5) is 5.82 Å². The average Bonchev–Trinajstić information content (AvgIpc) is 3.12. The topological polar surface area (TPSA) is 51.2 Å². The number of ether oxygens (including phenoxy) is 1. The molecule has 92 valence electrons. The molecule has 4 nitrogen and oxygen atoms in total. The molecule has 1 unspecified atom stereocenters. The predicted molar refractivity (Wildman–Crippen MR) is 69.5 cm³/mol. The van der Waals surface area contributed by atoms with Gasteiger partial charge in [0.1, 0.15) is 11.6 Å². The highest BCUT2D eigenvalue weighted by molar-refractivity contribution is 9.10. The van der Waals surface area contributed by atoms with Crippen molar-refractivity contribution in [2.24, 2.45) is 5.92 Å². The third-order valence-electron chi connectivity index (χ3n) is 2.53. The van der Waals surface area contributed by atoms with Gasteiger partial charge in [-0.2, -0.15) is 0 Å². The van der Waals surface area contributed by atoms with Crippen LogP contribution in [-0.2, 0) is 4.79 Å². The Hall–Kier alpha value is -1.10. The maximum atomic E-state index is 11.4. The van der Waals surface area contributed by atoms with Crippen LogP contribution < -0.4 is 10.1 Å². The molecule has 1 amide bonds. The third-order valence-corrected chi connectivity index (χ3v) is 2.95. The van der Waals surface area contributed by atoms with Crippen molar-refractivity contribution < 1.29 is 9.53 Å². The van der Waals surface area contributed by atoms with Gasteiger partial charge < -0.3 is 10.1 Å². The van der Waals surface area contributed by atoms with Crippen LogP contribution >= 0.6 is 15.9 Å². The van der Waals surface area contributed by atoms with E-state index in [9.17, 15) is 4.79 Å². The number of carbonyl (C=O) groups excluding carboxylic acids is 1. The number of amides is 1. The number of carbonyl (C=O) groups is 1. The monoisotopic (exact) mass is 298 g/mol. The van der Waals surface area contributed by atoms with Crippen LogP contribution in [0.5, 0.6) is 5.75 Å². The lowest BCUT2D eigenvalue weighted by Gasteiger charge is -2.07. The molecule has 1 atom stereocenters. The molecule has 1 fully saturated rings. The van der Waals surface area contributed by atoms with E-state index in [1.54, 1.807) is 19.2 Å². The lowest BCUT2D eigenvalue weighted by Crippen LogP contribution is -2.20. The second-order valence-corrected chi connectivity index (χ2v) is 5.61. The predicted octanol–water partition coefficient (Wildman–Crippen LogP) is 2.59. The molecular weight excluding hydrogens is 284 g/mol. The first-order valence-electron chi connectivity index (χ1n) is 5.69. The highest BCUT2D eigenvalue weighted by Gasteiger charge is 2.21. The van der Waals surface area contributed by atoms with Crippen molar-refractivity contribution >= 4 is 27.7 Å². The van der Waals surface area contributed by atoms with Crippen LogP contribution in [0.3, 0.4) is 0 Å². The van der Waals surface area contributed by atoms with Crippen molar-refractivity contribution in [3.8, 4) is 5.75 Å². The lowest BCUT2D eigenvalue weighted by atomic mass is 10.4. The van der Waals surface area contributed by atoms with Gasteiger partial charge in [-0.1, -0.05) is 15.9 Å². The summed E-state index contributed by atoms with van der Waals surface area (Å²) >= 11 is 3.19. The number of rotatable bonds is 5. The van der Waals surface area contributed by atoms with Gasteiger partial charge in [0.2, 0.25) is 5.91 Å². The Morgan fingerprint density at radius 3 is 2.94 bits per heavy atom. The summed E-state index contributed by atoms with van der Waals surface area (Å²) in [5, 5.41) is 2.69. The minimum atomic E-state index is -0.227. The number of pyridine rings is 1. The summed E-state index contributed by atoms with van der Waals surface area (Å²) in [6.45, 7) is 2.54. The largest absolute Gasteiger partial charge is 0.492 e. The number of alkyl halides is 1. The first kappa shape index (κ1) is 12.4. The minimum Gasteiger partial charge on any atom is -0.492 e. The summed E-state index contributed by atoms with van der Waals surface area (Å²) in [5.74, 6) is 1.91. The van der Waals surface area contributed by atoms with E-state index in [0.717, 1.165) is 18.3 Å². The van der Waals surface area contributed by atoms with Gasteiger partial charge in [-0.05, 0) is 37.8 Å². The van der Waals surface area contributed by atoms with Crippen molar-refractivity contribution in [2.75, 3.05) is 11.9 Å². The number of nitrogens with zero attached hydrogens (tertiary/aromatic N) is 1. The van der Waals surface area contributed by atoms with Crippen molar-refractivity contribution in [3.05, 3.63) is 18.3 Å². The van der Waals surface area contributed by atoms with Crippen molar-refractivity contribution in [1.29, 1.82) is 0 Å². The van der Waals surface area contributed by atoms with Gasteiger partial charge in [-0.25, -0.2) is 4.98 Å². The molecule has 0 spiro atoms. The first-order chi connectivity index (χ1) is 8.15. The Bertz CT molecular complexity index is 388. The highest BCUT2D eigenvalue weighted by atomic mass is 79.9. The fourth-order valence-electron chi connectivity index (χ4n) is 1.26. The van der Waals surface area contributed by atoms with Gasteiger partial charge >= 0.3 is 0 Å². The second kappa shape index (κ2) is 5.49. The van der Waals surface area contributed by atoms with Gasteiger partial charge in [0.25, 0.3) is 0 Å². The van der Waals surface area contributed by atoms with Gasteiger partial charge in [0, 0.05) is 0 Å². The van der Waals surface area contributed by atoms with Gasteiger partial charge in [-0.3, -0.25) is 4.79 Å². The number of anilines is 1. The molecule has 17 heavy (non-hydrogen) atoms. The fraction of sp³-hybridized carbons (Fsp3) is 0.500. The Morgan fingerprint density at radius 2 is 2.41 bits per heavy atom. The van der Waals surface area contributed by atoms with Crippen molar-refractivity contribution in [3.63, 3.8) is 0 Å². The first-order valence-corrected chi connectivity index (χ1v) is 6.60. The maximum absolute atomic E-state index is 11.4. The zero-order valence-corrected chi connectivity index (χ0v) is 11.2. The maximum Gasteiger partial charge on any atom is 0.239 e. The minimum absolute atomic E-state index is 0.107.